The number of hydrogen-bond acceptors (Lipinski definition) is 4. The zero-order chi connectivity index (χ0) is 13.8. The van der Waals surface area contributed by atoms with E-state index < -0.39 is 0 Å². The van der Waals surface area contributed by atoms with Gasteiger partial charge in [-0.1, -0.05) is 12.1 Å². The lowest BCUT2D eigenvalue weighted by Gasteiger charge is -2.26. The van der Waals surface area contributed by atoms with Crippen molar-refractivity contribution in [1.29, 1.82) is 0 Å². The van der Waals surface area contributed by atoms with E-state index in [4.69, 9.17) is 5.73 Å². The first-order valence-corrected chi connectivity index (χ1v) is 6.12. The number of H-pyrrole nitrogens is 1. The number of carbonyl (C=O) groups is 1. The minimum absolute atomic E-state index is 0.0212. The summed E-state index contributed by atoms with van der Waals surface area (Å²) in [5.41, 5.74) is 7.72. The second kappa shape index (κ2) is 5.62. The number of aromatic nitrogens is 3. The molecule has 0 atom stereocenters. The predicted octanol–water partition coefficient (Wildman–Crippen LogP) is 1.32. The van der Waals surface area contributed by atoms with E-state index in [2.05, 4.69) is 15.4 Å². The minimum atomic E-state index is -0.177. The highest BCUT2D eigenvalue weighted by atomic mass is 16.2. The van der Waals surface area contributed by atoms with Crippen molar-refractivity contribution < 1.29 is 4.79 Å². The molecule has 100 valence electrons. The SMILES string of the molecule is CC(C)N(C(=O)c1cn[nH]n1)c1ccc(CN)cc1. The van der Waals surface area contributed by atoms with Crippen molar-refractivity contribution in [2.24, 2.45) is 5.73 Å². The van der Waals surface area contributed by atoms with E-state index in [1.54, 1.807) is 4.90 Å². The summed E-state index contributed by atoms with van der Waals surface area (Å²) in [5.74, 6) is -0.177. The molecule has 1 heterocycles. The first-order valence-electron chi connectivity index (χ1n) is 6.12. The van der Waals surface area contributed by atoms with Crippen LogP contribution in [0.1, 0.15) is 29.9 Å². The Kier molecular flexibility index (Phi) is 3.91. The van der Waals surface area contributed by atoms with Crippen molar-refractivity contribution in [1.82, 2.24) is 15.4 Å². The Bertz CT molecular complexity index is 533. The summed E-state index contributed by atoms with van der Waals surface area (Å²) in [6.45, 7) is 4.39. The number of anilines is 1. The summed E-state index contributed by atoms with van der Waals surface area (Å²) in [7, 11) is 0. The topological polar surface area (TPSA) is 87.9 Å². The third-order valence-corrected chi connectivity index (χ3v) is 2.82. The summed E-state index contributed by atoms with van der Waals surface area (Å²) in [6.07, 6.45) is 1.42. The van der Waals surface area contributed by atoms with Gasteiger partial charge in [-0.25, -0.2) is 0 Å². The number of rotatable bonds is 4. The van der Waals surface area contributed by atoms with Crippen molar-refractivity contribution >= 4 is 11.6 Å². The van der Waals surface area contributed by atoms with E-state index in [0.717, 1.165) is 11.3 Å². The van der Waals surface area contributed by atoms with Gasteiger partial charge in [0.2, 0.25) is 0 Å². The van der Waals surface area contributed by atoms with Crippen molar-refractivity contribution in [3.05, 3.63) is 41.7 Å². The zero-order valence-electron chi connectivity index (χ0n) is 11.0. The van der Waals surface area contributed by atoms with Crippen LogP contribution in [0.25, 0.3) is 0 Å². The first kappa shape index (κ1) is 13.2. The maximum Gasteiger partial charge on any atom is 0.280 e. The van der Waals surface area contributed by atoms with Crippen molar-refractivity contribution in [3.63, 3.8) is 0 Å². The monoisotopic (exact) mass is 259 g/mol. The van der Waals surface area contributed by atoms with Gasteiger partial charge in [0.15, 0.2) is 5.69 Å². The van der Waals surface area contributed by atoms with E-state index in [0.29, 0.717) is 12.2 Å². The van der Waals surface area contributed by atoms with Crippen LogP contribution >= 0.6 is 0 Å². The van der Waals surface area contributed by atoms with Crippen LogP contribution in [-0.2, 0) is 6.54 Å². The summed E-state index contributed by atoms with van der Waals surface area (Å²) >= 11 is 0. The second-order valence-electron chi connectivity index (χ2n) is 4.49. The Balaban J connectivity index is 2.31. The van der Waals surface area contributed by atoms with Gasteiger partial charge in [-0.2, -0.15) is 15.4 Å². The normalized spacial score (nSPS) is 10.7. The molecule has 0 radical (unpaired) electrons. The second-order valence-corrected chi connectivity index (χ2v) is 4.49. The van der Waals surface area contributed by atoms with E-state index in [1.807, 2.05) is 38.1 Å². The molecule has 0 unspecified atom stereocenters. The van der Waals surface area contributed by atoms with Crippen molar-refractivity contribution in [3.8, 4) is 0 Å². The van der Waals surface area contributed by atoms with Crippen molar-refractivity contribution in [2.75, 3.05) is 4.90 Å². The maximum atomic E-state index is 12.4. The van der Waals surface area contributed by atoms with Crippen LogP contribution in [0.5, 0.6) is 0 Å². The van der Waals surface area contributed by atoms with Crippen LogP contribution in [0.2, 0.25) is 0 Å². The summed E-state index contributed by atoms with van der Waals surface area (Å²) in [5, 5.41) is 9.95. The van der Waals surface area contributed by atoms with Crippen LogP contribution in [0.15, 0.2) is 30.5 Å². The smallest absolute Gasteiger partial charge is 0.280 e. The molecular weight excluding hydrogens is 242 g/mol. The average molecular weight is 259 g/mol. The number of aromatic amines is 1. The van der Waals surface area contributed by atoms with Crippen LogP contribution in [0.3, 0.4) is 0 Å². The van der Waals surface area contributed by atoms with Gasteiger partial charge in [0.05, 0.1) is 6.20 Å². The molecule has 0 aliphatic heterocycles. The molecule has 1 aromatic carbocycles. The maximum absolute atomic E-state index is 12.4. The van der Waals surface area contributed by atoms with Gasteiger partial charge in [0.25, 0.3) is 5.91 Å². The molecular formula is C13H17N5O. The molecule has 6 heteroatoms. The summed E-state index contributed by atoms with van der Waals surface area (Å²) in [4.78, 5) is 14.1. The molecule has 19 heavy (non-hydrogen) atoms. The Morgan fingerprint density at radius 2 is 2.05 bits per heavy atom. The predicted molar refractivity (Wildman–Crippen MR) is 72.7 cm³/mol. The van der Waals surface area contributed by atoms with E-state index >= 15 is 0 Å². The summed E-state index contributed by atoms with van der Waals surface area (Å²) < 4.78 is 0. The molecule has 2 rings (SSSR count). The average Bonchev–Trinajstić information content (AvgIpc) is 2.93. The number of nitrogens with one attached hydrogen (secondary N) is 1. The Hall–Kier alpha value is -2.21. The standard InChI is InChI=1S/C13H17N5O/c1-9(2)18(13(19)12-8-15-17-16-12)11-5-3-10(7-14)4-6-11/h3-6,8-9H,7,14H2,1-2H3,(H,15,16,17). The third kappa shape index (κ3) is 2.79. The lowest BCUT2D eigenvalue weighted by molar-refractivity contribution is 0.0975. The highest BCUT2D eigenvalue weighted by Gasteiger charge is 2.22. The molecule has 2 aromatic rings. The quantitative estimate of drug-likeness (QED) is 0.866. The van der Waals surface area contributed by atoms with E-state index in [-0.39, 0.29) is 11.9 Å². The van der Waals surface area contributed by atoms with Crippen LogP contribution < -0.4 is 10.6 Å². The van der Waals surface area contributed by atoms with Crippen molar-refractivity contribution in [2.45, 2.75) is 26.4 Å². The number of amides is 1. The third-order valence-electron chi connectivity index (χ3n) is 2.82. The molecule has 0 saturated heterocycles. The van der Waals surface area contributed by atoms with Gasteiger partial charge in [-0.05, 0) is 31.5 Å². The molecule has 0 bridgehead atoms. The minimum Gasteiger partial charge on any atom is -0.326 e. The summed E-state index contributed by atoms with van der Waals surface area (Å²) in [6, 6.07) is 7.63. The Morgan fingerprint density at radius 1 is 1.37 bits per heavy atom. The lowest BCUT2D eigenvalue weighted by atomic mass is 10.1. The lowest BCUT2D eigenvalue weighted by Crippen LogP contribution is -2.37. The molecule has 1 aromatic heterocycles. The largest absolute Gasteiger partial charge is 0.326 e. The molecule has 6 nitrogen and oxygen atoms in total. The van der Waals surface area contributed by atoms with Crippen LogP contribution in [-0.4, -0.2) is 27.4 Å². The zero-order valence-corrected chi connectivity index (χ0v) is 11.0. The molecule has 1 amide bonds. The first-order chi connectivity index (χ1) is 9.13. The van der Waals surface area contributed by atoms with Crippen LogP contribution in [0, 0.1) is 0 Å². The van der Waals surface area contributed by atoms with Gasteiger partial charge < -0.3 is 10.6 Å². The fourth-order valence-electron chi connectivity index (χ4n) is 1.87. The number of nitrogens with zero attached hydrogens (tertiary/aromatic N) is 3. The van der Waals surface area contributed by atoms with Gasteiger partial charge in [-0.15, -0.1) is 0 Å². The van der Waals surface area contributed by atoms with Crippen LogP contribution in [0.4, 0.5) is 5.69 Å². The fraction of sp³-hybridized carbons (Fsp3) is 0.308. The molecule has 3 N–H and O–H groups in total. The van der Waals surface area contributed by atoms with Gasteiger partial charge in [-0.3, -0.25) is 4.79 Å². The fourth-order valence-corrected chi connectivity index (χ4v) is 1.87. The number of hydrogen-bond donors (Lipinski definition) is 2. The molecule has 0 spiro atoms. The number of carbonyl (C=O) groups excluding carboxylic acids is 1. The molecule has 0 aliphatic rings. The Morgan fingerprint density at radius 3 is 2.53 bits per heavy atom. The van der Waals surface area contributed by atoms with E-state index in [1.165, 1.54) is 6.20 Å². The molecule has 0 fully saturated rings. The number of nitrogens with two attached hydrogens (primary N) is 1. The van der Waals surface area contributed by atoms with E-state index in [9.17, 15) is 4.79 Å². The van der Waals surface area contributed by atoms with Gasteiger partial charge >= 0.3 is 0 Å². The number of benzene rings is 1. The highest BCUT2D eigenvalue weighted by Crippen LogP contribution is 2.20. The van der Waals surface area contributed by atoms with Gasteiger partial charge in [0, 0.05) is 18.3 Å². The highest BCUT2D eigenvalue weighted by molar-refractivity contribution is 6.04. The Labute approximate surface area is 111 Å². The van der Waals surface area contributed by atoms with Gasteiger partial charge in [0.1, 0.15) is 0 Å². The molecule has 0 saturated carbocycles. The molecule has 0 aliphatic carbocycles.